The van der Waals surface area contributed by atoms with Crippen molar-refractivity contribution in [1.82, 2.24) is 20.0 Å². The highest BCUT2D eigenvalue weighted by Crippen LogP contribution is 2.23. The number of rotatable bonds is 7. The Labute approximate surface area is 166 Å². The lowest BCUT2D eigenvalue weighted by molar-refractivity contribution is 0.315. The molecule has 0 bridgehead atoms. The quantitative estimate of drug-likeness (QED) is 0.629. The Bertz CT molecular complexity index is 875. The summed E-state index contributed by atoms with van der Waals surface area (Å²) in [7, 11) is 4.27. The summed E-state index contributed by atoms with van der Waals surface area (Å²) in [5, 5.41) is 4.12. The van der Waals surface area contributed by atoms with Crippen LogP contribution in [0.25, 0.3) is 11.5 Å². The van der Waals surface area contributed by atoms with E-state index in [1.165, 1.54) is 12.0 Å². The van der Waals surface area contributed by atoms with Gasteiger partial charge in [-0.1, -0.05) is 35.5 Å². The zero-order valence-electron chi connectivity index (χ0n) is 16.6. The van der Waals surface area contributed by atoms with E-state index in [2.05, 4.69) is 63.3 Å². The van der Waals surface area contributed by atoms with Crippen LogP contribution < -0.4 is 4.90 Å². The standard InChI is InChI=1S/C22H27N5O/c1-26(2)19-13-14-27(16-19)21-12-11-18(15-23-21)22-24-20(25-28-22)10-6-9-17-7-4-3-5-8-17/h3-5,7-8,11-12,15,19H,6,9-10,13-14,16H2,1-2H3/t19-/m1/s1. The number of aromatic nitrogens is 3. The molecule has 2 aromatic heterocycles. The number of hydrogen-bond acceptors (Lipinski definition) is 6. The number of nitrogens with zero attached hydrogens (tertiary/aromatic N) is 5. The Morgan fingerprint density at radius 1 is 1.11 bits per heavy atom. The van der Waals surface area contributed by atoms with Gasteiger partial charge < -0.3 is 14.3 Å². The Morgan fingerprint density at radius 3 is 2.68 bits per heavy atom. The van der Waals surface area contributed by atoms with Crippen LogP contribution in [0.2, 0.25) is 0 Å². The Morgan fingerprint density at radius 2 is 1.96 bits per heavy atom. The monoisotopic (exact) mass is 377 g/mol. The normalized spacial score (nSPS) is 16.8. The first kappa shape index (κ1) is 18.6. The fourth-order valence-corrected chi connectivity index (χ4v) is 3.64. The van der Waals surface area contributed by atoms with Gasteiger partial charge in [-0.15, -0.1) is 0 Å². The van der Waals surface area contributed by atoms with E-state index in [1.54, 1.807) is 0 Å². The van der Waals surface area contributed by atoms with Crippen LogP contribution in [0.3, 0.4) is 0 Å². The maximum absolute atomic E-state index is 5.45. The molecule has 1 aliphatic rings. The molecule has 0 aliphatic carbocycles. The van der Waals surface area contributed by atoms with Gasteiger partial charge in [-0.3, -0.25) is 0 Å². The van der Waals surface area contributed by atoms with Crippen molar-refractivity contribution in [1.29, 1.82) is 0 Å². The van der Waals surface area contributed by atoms with Gasteiger partial charge in [-0.05, 0) is 51.1 Å². The number of benzene rings is 1. The number of aryl methyl sites for hydroxylation is 2. The second-order valence-electron chi connectivity index (χ2n) is 7.61. The molecule has 1 aliphatic heterocycles. The molecular formula is C22H27N5O. The van der Waals surface area contributed by atoms with E-state index < -0.39 is 0 Å². The van der Waals surface area contributed by atoms with E-state index >= 15 is 0 Å². The lowest BCUT2D eigenvalue weighted by atomic mass is 10.1. The van der Waals surface area contributed by atoms with Crippen LogP contribution in [0.5, 0.6) is 0 Å². The molecule has 0 spiro atoms. The molecular weight excluding hydrogens is 350 g/mol. The first-order chi connectivity index (χ1) is 13.7. The molecule has 6 heteroatoms. The molecule has 0 saturated carbocycles. The molecule has 1 saturated heterocycles. The highest BCUT2D eigenvalue weighted by Gasteiger charge is 2.24. The lowest BCUT2D eigenvalue weighted by Crippen LogP contribution is -2.31. The zero-order valence-corrected chi connectivity index (χ0v) is 16.6. The van der Waals surface area contributed by atoms with Crippen LogP contribution in [0.1, 0.15) is 24.2 Å². The predicted octanol–water partition coefficient (Wildman–Crippen LogP) is 3.45. The van der Waals surface area contributed by atoms with Gasteiger partial charge in [-0.2, -0.15) is 4.98 Å². The maximum atomic E-state index is 5.45. The van der Waals surface area contributed by atoms with Gasteiger partial charge >= 0.3 is 0 Å². The van der Waals surface area contributed by atoms with Crippen LogP contribution in [0.4, 0.5) is 5.82 Å². The van der Waals surface area contributed by atoms with Crippen molar-refractivity contribution < 1.29 is 4.52 Å². The summed E-state index contributed by atoms with van der Waals surface area (Å²) in [6.45, 7) is 2.06. The Hall–Kier alpha value is -2.73. The summed E-state index contributed by atoms with van der Waals surface area (Å²) in [5.74, 6) is 2.31. The van der Waals surface area contributed by atoms with Gasteiger partial charge in [0.25, 0.3) is 5.89 Å². The third-order valence-electron chi connectivity index (χ3n) is 5.39. The molecule has 3 heterocycles. The van der Waals surface area contributed by atoms with E-state index in [1.807, 2.05) is 24.4 Å². The van der Waals surface area contributed by atoms with E-state index in [-0.39, 0.29) is 0 Å². The molecule has 1 aromatic carbocycles. The van der Waals surface area contributed by atoms with E-state index in [4.69, 9.17) is 4.52 Å². The van der Waals surface area contributed by atoms with Crippen LogP contribution in [-0.2, 0) is 12.8 Å². The number of hydrogen-bond donors (Lipinski definition) is 0. The van der Waals surface area contributed by atoms with E-state index in [0.29, 0.717) is 11.9 Å². The van der Waals surface area contributed by atoms with Gasteiger partial charge in [0.15, 0.2) is 5.82 Å². The van der Waals surface area contributed by atoms with Gasteiger partial charge in [0, 0.05) is 31.7 Å². The van der Waals surface area contributed by atoms with Gasteiger partial charge in [0.1, 0.15) is 5.82 Å². The van der Waals surface area contributed by atoms with Crippen molar-refractivity contribution in [2.24, 2.45) is 0 Å². The largest absolute Gasteiger partial charge is 0.355 e. The van der Waals surface area contributed by atoms with Crippen molar-refractivity contribution in [2.45, 2.75) is 31.7 Å². The molecule has 6 nitrogen and oxygen atoms in total. The topological polar surface area (TPSA) is 58.3 Å². The number of pyridine rings is 1. The van der Waals surface area contributed by atoms with Crippen molar-refractivity contribution in [3.63, 3.8) is 0 Å². The van der Waals surface area contributed by atoms with Crippen LogP contribution in [0, 0.1) is 0 Å². The van der Waals surface area contributed by atoms with Crippen LogP contribution in [-0.4, -0.2) is 53.3 Å². The van der Waals surface area contributed by atoms with E-state index in [9.17, 15) is 0 Å². The van der Waals surface area contributed by atoms with Crippen LogP contribution >= 0.6 is 0 Å². The molecule has 0 amide bonds. The summed E-state index contributed by atoms with van der Waals surface area (Å²) in [6.07, 6.45) is 5.84. The van der Waals surface area contributed by atoms with Crippen molar-refractivity contribution >= 4 is 5.82 Å². The summed E-state index contributed by atoms with van der Waals surface area (Å²) in [6, 6.07) is 15.1. The van der Waals surface area contributed by atoms with Gasteiger partial charge in [-0.25, -0.2) is 4.98 Å². The van der Waals surface area contributed by atoms with Crippen molar-refractivity contribution in [2.75, 3.05) is 32.1 Å². The molecule has 0 unspecified atom stereocenters. The maximum Gasteiger partial charge on any atom is 0.259 e. The molecule has 1 atom stereocenters. The molecule has 146 valence electrons. The minimum absolute atomic E-state index is 0.543. The van der Waals surface area contributed by atoms with Crippen molar-refractivity contribution in [3.8, 4) is 11.5 Å². The summed E-state index contributed by atoms with van der Waals surface area (Å²) < 4.78 is 5.45. The fourth-order valence-electron chi connectivity index (χ4n) is 3.64. The molecule has 0 N–H and O–H groups in total. The summed E-state index contributed by atoms with van der Waals surface area (Å²) in [5.41, 5.74) is 2.21. The van der Waals surface area contributed by atoms with Gasteiger partial charge in [0.2, 0.25) is 0 Å². The highest BCUT2D eigenvalue weighted by atomic mass is 16.5. The minimum Gasteiger partial charge on any atom is -0.355 e. The molecule has 1 fully saturated rings. The van der Waals surface area contributed by atoms with E-state index in [0.717, 1.165) is 49.6 Å². The van der Waals surface area contributed by atoms with Gasteiger partial charge in [0.05, 0.1) is 5.56 Å². The molecule has 0 radical (unpaired) electrons. The zero-order chi connectivity index (χ0) is 19.3. The minimum atomic E-state index is 0.543. The Balaban J connectivity index is 1.33. The lowest BCUT2D eigenvalue weighted by Gasteiger charge is -2.21. The average Bonchev–Trinajstić information content (AvgIpc) is 3.39. The third kappa shape index (κ3) is 4.39. The van der Waals surface area contributed by atoms with Crippen molar-refractivity contribution in [3.05, 3.63) is 60.0 Å². The first-order valence-corrected chi connectivity index (χ1v) is 9.93. The molecule has 4 rings (SSSR count). The summed E-state index contributed by atoms with van der Waals surface area (Å²) in [4.78, 5) is 13.8. The third-order valence-corrected chi connectivity index (χ3v) is 5.39. The predicted molar refractivity (Wildman–Crippen MR) is 110 cm³/mol. The number of anilines is 1. The Kier molecular flexibility index (Phi) is 5.67. The first-order valence-electron chi connectivity index (χ1n) is 9.93. The molecule has 28 heavy (non-hydrogen) atoms. The fraction of sp³-hybridized carbons (Fsp3) is 0.409. The average molecular weight is 377 g/mol. The smallest absolute Gasteiger partial charge is 0.259 e. The summed E-state index contributed by atoms with van der Waals surface area (Å²) >= 11 is 0. The number of likely N-dealkylation sites (N-methyl/N-ethyl adjacent to an activating group) is 1. The van der Waals surface area contributed by atoms with Crippen LogP contribution in [0.15, 0.2) is 53.2 Å². The second kappa shape index (κ2) is 8.52. The molecule has 3 aromatic rings. The highest BCUT2D eigenvalue weighted by molar-refractivity contribution is 5.55. The second-order valence-corrected chi connectivity index (χ2v) is 7.61. The SMILES string of the molecule is CN(C)[C@@H]1CCN(c2ccc(-c3nc(CCCc4ccccc4)no3)cn2)C1.